The summed E-state index contributed by atoms with van der Waals surface area (Å²) in [6, 6.07) is 10.8. The van der Waals surface area contributed by atoms with Gasteiger partial charge < -0.3 is 14.5 Å². The Bertz CT molecular complexity index is 1320. The summed E-state index contributed by atoms with van der Waals surface area (Å²) in [5.41, 5.74) is 0.0546. The first-order valence-corrected chi connectivity index (χ1v) is 8.80. The summed E-state index contributed by atoms with van der Waals surface area (Å²) < 4.78 is 47.3. The topological polar surface area (TPSA) is 94.3 Å². The van der Waals surface area contributed by atoms with Crippen molar-refractivity contribution < 1.29 is 27.1 Å². The smallest absolute Gasteiger partial charge is 0.454 e. The Balaban J connectivity index is 1.76. The normalized spacial score (nSPS) is 11.3. The lowest BCUT2D eigenvalue weighted by atomic mass is 10.1. The van der Waals surface area contributed by atoms with Crippen LogP contribution in [0, 0.1) is 0 Å². The highest BCUT2D eigenvalue weighted by Crippen LogP contribution is 2.30. The van der Waals surface area contributed by atoms with Crippen LogP contribution in [0.25, 0.3) is 22.3 Å². The Morgan fingerprint density at radius 3 is 2.61 bits per heavy atom. The molecule has 7 nitrogen and oxygen atoms in total. The minimum atomic E-state index is -4.86. The number of nitrogens with one attached hydrogen (secondary N) is 1. The largest absolute Gasteiger partial charge is 0.573 e. The van der Waals surface area contributed by atoms with Crippen LogP contribution in [0.5, 0.6) is 5.75 Å². The molecule has 0 aliphatic heterocycles. The van der Waals surface area contributed by atoms with E-state index in [1.165, 1.54) is 42.9 Å². The molecule has 0 radical (unpaired) electrons. The van der Waals surface area contributed by atoms with E-state index in [-0.39, 0.29) is 33.7 Å². The Kier molecular flexibility index (Phi) is 5.12. The number of carbonyl (C=O) groups is 1. The van der Waals surface area contributed by atoms with Gasteiger partial charge in [0.2, 0.25) is 0 Å². The molecule has 1 amide bonds. The van der Waals surface area contributed by atoms with Crippen molar-refractivity contribution >= 4 is 22.6 Å². The fourth-order valence-corrected chi connectivity index (χ4v) is 2.87. The van der Waals surface area contributed by atoms with Crippen molar-refractivity contribution in [3.63, 3.8) is 0 Å². The molecule has 0 atom stereocenters. The summed E-state index contributed by atoms with van der Waals surface area (Å²) in [7, 11) is 0. The number of ether oxygens (including phenoxy) is 1. The van der Waals surface area contributed by atoms with Crippen molar-refractivity contribution in [3.05, 3.63) is 83.0 Å². The van der Waals surface area contributed by atoms with Crippen LogP contribution in [0.2, 0.25) is 0 Å². The van der Waals surface area contributed by atoms with Crippen LogP contribution < -0.4 is 15.5 Å². The maximum absolute atomic E-state index is 12.6. The number of carbonyl (C=O) groups excluding carboxylic acids is 1. The Morgan fingerprint density at radius 2 is 1.87 bits per heavy atom. The molecule has 4 rings (SSSR count). The third-order valence-electron chi connectivity index (χ3n) is 4.15. The van der Waals surface area contributed by atoms with E-state index in [0.29, 0.717) is 0 Å². The molecule has 1 N–H and O–H groups in total. The number of aromatic nitrogens is 2. The number of alkyl halides is 3. The summed E-state index contributed by atoms with van der Waals surface area (Å²) >= 11 is 0. The lowest BCUT2D eigenvalue weighted by Crippen LogP contribution is -2.17. The van der Waals surface area contributed by atoms with Gasteiger partial charge in [-0.3, -0.25) is 14.6 Å². The fraction of sp³-hybridized carbons (Fsp3) is 0.0476. The van der Waals surface area contributed by atoms with Crippen LogP contribution in [0.4, 0.5) is 18.9 Å². The van der Waals surface area contributed by atoms with Gasteiger partial charge in [-0.15, -0.1) is 13.2 Å². The zero-order chi connectivity index (χ0) is 22.0. The van der Waals surface area contributed by atoms with Gasteiger partial charge in [0.25, 0.3) is 5.91 Å². The van der Waals surface area contributed by atoms with Crippen LogP contribution in [0.1, 0.15) is 10.5 Å². The van der Waals surface area contributed by atoms with Gasteiger partial charge in [-0.25, -0.2) is 4.98 Å². The lowest BCUT2D eigenvalue weighted by molar-refractivity contribution is -0.274. The number of amides is 1. The molecule has 156 valence electrons. The predicted octanol–water partition coefficient (Wildman–Crippen LogP) is 4.40. The number of halogens is 3. The molecule has 0 bridgehead atoms. The molecule has 0 aliphatic rings. The highest BCUT2D eigenvalue weighted by atomic mass is 19.4. The summed E-state index contributed by atoms with van der Waals surface area (Å²) in [4.78, 5) is 32.7. The second-order valence-electron chi connectivity index (χ2n) is 6.28. The van der Waals surface area contributed by atoms with Crippen molar-refractivity contribution in [2.75, 3.05) is 5.32 Å². The van der Waals surface area contributed by atoms with Gasteiger partial charge in [0.15, 0.2) is 11.0 Å². The van der Waals surface area contributed by atoms with Crippen molar-refractivity contribution in [2.24, 2.45) is 0 Å². The number of hydrogen-bond donors (Lipinski definition) is 1. The Labute approximate surface area is 172 Å². The molecule has 2 heterocycles. The second-order valence-corrected chi connectivity index (χ2v) is 6.28. The Morgan fingerprint density at radius 1 is 1.06 bits per heavy atom. The maximum atomic E-state index is 12.6. The number of para-hydroxylation sites is 1. The van der Waals surface area contributed by atoms with Crippen molar-refractivity contribution in [3.8, 4) is 17.1 Å². The number of nitrogens with zero attached hydrogens (tertiary/aromatic N) is 2. The quantitative estimate of drug-likeness (QED) is 0.519. The first-order valence-electron chi connectivity index (χ1n) is 8.80. The van der Waals surface area contributed by atoms with E-state index in [4.69, 9.17) is 4.42 Å². The first-order chi connectivity index (χ1) is 14.8. The van der Waals surface area contributed by atoms with E-state index in [1.54, 1.807) is 6.07 Å². The van der Waals surface area contributed by atoms with Gasteiger partial charge >= 0.3 is 6.36 Å². The fourth-order valence-electron chi connectivity index (χ4n) is 2.87. The first kappa shape index (κ1) is 20.1. The van der Waals surface area contributed by atoms with Crippen molar-refractivity contribution in [2.45, 2.75) is 6.36 Å². The van der Waals surface area contributed by atoms with Crippen molar-refractivity contribution in [1.82, 2.24) is 9.97 Å². The number of rotatable bonds is 4. The molecule has 0 aliphatic carbocycles. The van der Waals surface area contributed by atoms with Gasteiger partial charge in [0, 0.05) is 24.0 Å². The summed E-state index contributed by atoms with van der Waals surface area (Å²) in [5, 5.41) is 2.79. The van der Waals surface area contributed by atoms with Crippen LogP contribution in [-0.4, -0.2) is 22.2 Å². The van der Waals surface area contributed by atoms with E-state index < -0.39 is 23.4 Å². The molecule has 0 unspecified atom stereocenters. The van der Waals surface area contributed by atoms with Crippen LogP contribution in [0.3, 0.4) is 0 Å². The van der Waals surface area contributed by atoms with Gasteiger partial charge in [-0.1, -0.05) is 18.2 Å². The summed E-state index contributed by atoms with van der Waals surface area (Å²) in [6.07, 6.45) is -0.822. The molecule has 0 saturated heterocycles. The van der Waals surface area contributed by atoms with Gasteiger partial charge in [-0.2, -0.15) is 0 Å². The van der Waals surface area contributed by atoms with Gasteiger partial charge in [0.1, 0.15) is 17.2 Å². The van der Waals surface area contributed by atoms with E-state index in [9.17, 15) is 22.8 Å². The number of anilines is 1. The lowest BCUT2D eigenvalue weighted by Gasteiger charge is -2.11. The van der Waals surface area contributed by atoms with E-state index in [0.717, 1.165) is 18.2 Å². The number of hydrogen-bond acceptors (Lipinski definition) is 6. The van der Waals surface area contributed by atoms with Crippen LogP contribution in [0.15, 0.2) is 76.3 Å². The van der Waals surface area contributed by atoms with Crippen LogP contribution in [-0.2, 0) is 0 Å². The van der Waals surface area contributed by atoms with E-state index in [1.807, 2.05) is 0 Å². The predicted molar refractivity (Wildman–Crippen MR) is 105 cm³/mol. The van der Waals surface area contributed by atoms with Gasteiger partial charge in [0.05, 0.1) is 17.3 Å². The Hall–Kier alpha value is -4.21. The summed E-state index contributed by atoms with van der Waals surface area (Å²) in [6.45, 7) is 0. The third-order valence-corrected chi connectivity index (χ3v) is 4.15. The average molecular weight is 427 g/mol. The minimum absolute atomic E-state index is 0.00586. The van der Waals surface area contributed by atoms with Crippen LogP contribution >= 0.6 is 0 Å². The molecule has 0 fully saturated rings. The molecule has 31 heavy (non-hydrogen) atoms. The minimum Gasteiger partial charge on any atom is -0.454 e. The van der Waals surface area contributed by atoms with E-state index in [2.05, 4.69) is 20.0 Å². The molecule has 0 saturated carbocycles. The molecule has 2 aromatic heterocycles. The van der Waals surface area contributed by atoms with Gasteiger partial charge in [-0.05, 0) is 24.3 Å². The zero-order valence-electron chi connectivity index (χ0n) is 15.5. The molecular formula is C21H12F3N3O4. The van der Waals surface area contributed by atoms with Crippen molar-refractivity contribution in [1.29, 1.82) is 0 Å². The standard InChI is InChI=1S/C21H12F3N3O4/c22-21(23,24)31-13-4-1-3-12(9-13)18-10-17(28)14-5-2-6-15(19(14)30-18)27-20(29)16-11-25-7-8-26-16/h1-11H,(H,27,29). The SMILES string of the molecule is O=C(Nc1cccc2c(=O)cc(-c3cccc(OC(F)(F)F)c3)oc12)c1cnccn1. The number of fused-ring (bicyclic) bond motifs is 1. The highest BCUT2D eigenvalue weighted by Gasteiger charge is 2.31. The molecule has 10 heteroatoms. The molecular weight excluding hydrogens is 415 g/mol. The molecule has 4 aromatic rings. The monoisotopic (exact) mass is 427 g/mol. The summed E-state index contributed by atoms with van der Waals surface area (Å²) in [5.74, 6) is -1.03. The highest BCUT2D eigenvalue weighted by molar-refractivity contribution is 6.06. The second kappa shape index (κ2) is 7.90. The average Bonchev–Trinajstić information content (AvgIpc) is 2.74. The molecule has 2 aromatic carbocycles. The third kappa shape index (κ3) is 4.53. The maximum Gasteiger partial charge on any atom is 0.573 e. The molecule has 0 spiro atoms. The zero-order valence-corrected chi connectivity index (χ0v) is 15.5. The van der Waals surface area contributed by atoms with E-state index >= 15 is 0 Å². The number of benzene rings is 2.